The van der Waals surface area contributed by atoms with Crippen LogP contribution >= 0.6 is 0 Å². The van der Waals surface area contributed by atoms with Crippen LogP contribution in [0.2, 0.25) is 0 Å². The Kier molecular flexibility index (Phi) is 15.0. The number of carbonyl (C=O) groups is 4. The highest BCUT2D eigenvalue weighted by atomic mass is 16.6. The maximum atomic E-state index is 14.2. The summed E-state index contributed by atoms with van der Waals surface area (Å²) in [6, 6.07) is 11.8. The van der Waals surface area contributed by atoms with Gasteiger partial charge in [0.1, 0.15) is 5.60 Å². The summed E-state index contributed by atoms with van der Waals surface area (Å²) >= 11 is 0. The van der Waals surface area contributed by atoms with Gasteiger partial charge in [-0.05, 0) is 110 Å². The minimum atomic E-state index is -0.709. The Morgan fingerprint density at radius 2 is 1.64 bits per heavy atom. The predicted octanol–water partition coefficient (Wildman–Crippen LogP) is 6.53. The van der Waals surface area contributed by atoms with Crippen LogP contribution in [0.25, 0.3) is 0 Å². The molecular formula is C41H59N3O9. The molecule has 0 spiro atoms. The van der Waals surface area contributed by atoms with Crippen molar-refractivity contribution in [2.45, 2.75) is 116 Å². The zero-order chi connectivity index (χ0) is 38.7. The third-order valence-electron chi connectivity index (χ3n) is 9.46. The Bertz CT molecular complexity index is 1550. The number of likely N-dealkylation sites (tertiary alicyclic amines) is 1. The van der Waals surface area contributed by atoms with Gasteiger partial charge in [0.25, 0.3) is 5.91 Å². The summed E-state index contributed by atoms with van der Waals surface area (Å²) in [5.41, 5.74) is 0.937. The molecule has 2 aromatic rings. The summed E-state index contributed by atoms with van der Waals surface area (Å²) < 4.78 is 27.6. The van der Waals surface area contributed by atoms with E-state index >= 15 is 0 Å². The lowest BCUT2D eigenvalue weighted by Crippen LogP contribution is -2.58. The standard InChI is InChI=1S/C41H59N3O9/c1-9-51-39(47)31-13-10-12-29(24-31)25-37(45)42(32-15-16-32)21-20-33-17-18-34(27-43(33)40(48)53-41(4,5)6)44(28(2)3)38(46)30-14-19-35(50-8)36(26-30)52-23-11-22-49-7/h10,12-14,19,24,26,28,32-34H,9,11,15-18,20-23,25,27H2,1-8H3/t33-,34-/m1/s1. The molecule has 0 N–H and O–H groups in total. The average Bonchev–Trinajstić information content (AvgIpc) is 3.95. The zero-order valence-electron chi connectivity index (χ0n) is 32.9. The molecule has 0 aromatic heterocycles. The molecule has 0 unspecified atom stereocenters. The van der Waals surface area contributed by atoms with Crippen LogP contribution in [-0.2, 0) is 25.4 Å². The first-order valence-electron chi connectivity index (χ1n) is 18.9. The van der Waals surface area contributed by atoms with E-state index in [-0.39, 0.29) is 49.0 Å². The van der Waals surface area contributed by atoms with Crippen LogP contribution in [0.1, 0.15) is 106 Å². The van der Waals surface area contributed by atoms with Crippen LogP contribution in [0.4, 0.5) is 4.79 Å². The molecule has 2 aromatic carbocycles. The monoisotopic (exact) mass is 737 g/mol. The molecule has 2 aliphatic rings. The number of hydrogen-bond acceptors (Lipinski definition) is 9. The van der Waals surface area contributed by atoms with Gasteiger partial charge in [0.2, 0.25) is 5.91 Å². The van der Waals surface area contributed by atoms with E-state index in [2.05, 4.69) is 0 Å². The fourth-order valence-electron chi connectivity index (χ4n) is 6.84. The lowest BCUT2D eigenvalue weighted by Gasteiger charge is -2.45. The molecule has 2 atom stereocenters. The Balaban J connectivity index is 1.50. The first-order chi connectivity index (χ1) is 25.3. The molecule has 292 valence electrons. The van der Waals surface area contributed by atoms with E-state index in [4.69, 9.17) is 23.7 Å². The maximum absolute atomic E-state index is 14.2. The van der Waals surface area contributed by atoms with Gasteiger partial charge in [0.15, 0.2) is 11.5 Å². The summed E-state index contributed by atoms with van der Waals surface area (Å²) in [6.45, 7) is 13.3. The molecule has 3 amide bonds. The Labute approximate surface area is 315 Å². The Hall–Kier alpha value is -4.32. The fraction of sp³-hybridized carbons (Fsp3) is 0.610. The Morgan fingerprint density at radius 1 is 0.906 bits per heavy atom. The summed E-state index contributed by atoms with van der Waals surface area (Å²) in [5, 5.41) is 0. The third kappa shape index (κ3) is 11.8. The van der Waals surface area contributed by atoms with Crippen LogP contribution in [0, 0.1) is 0 Å². The van der Waals surface area contributed by atoms with Crippen molar-refractivity contribution < 1.29 is 42.9 Å². The molecule has 1 aliphatic carbocycles. The molecule has 12 heteroatoms. The minimum Gasteiger partial charge on any atom is -0.493 e. The molecule has 12 nitrogen and oxygen atoms in total. The predicted molar refractivity (Wildman–Crippen MR) is 201 cm³/mol. The van der Waals surface area contributed by atoms with E-state index in [1.165, 1.54) is 0 Å². The maximum Gasteiger partial charge on any atom is 0.410 e. The van der Waals surface area contributed by atoms with Gasteiger partial charge in [-0.1, -0.05) is 12.1 Å². The summed E-state index contributed by atoms with van der Waals surface area (Å²) in [7, 11) is 3.20. The SMILES string of the molecule is CCOC(=O)c1cccc(CC(=O)N(CC[C@H]2CC[C@@H](N(C(=O)c3ccc(OC)c(OCCCOC)c3)C(C)C)CN2C(=O)OC(C)(C)C)C2CC2)c1. The summed E-state index contributed by atoms with van der Waals surface area (Å²) in [5.74, 6) is 0.445. The molecule has 0 bridgehead atoms. The van der Waals surface area contributed by atoms with Crippen molar-refractivity contribution in [1.82, 2.24) is 14.7 Å². The number of esters is 1. The van der Waals surface area contributed by atoms with E-state index in [9.17, 15) is 19.2 Å². The number of carbonyl (C=O) groups excluding carboxylic acids is 4. The van der Waals surface area contributed by atoms with Gasteiger partial charge in [-0.25, -0.2) is 9.59 Å². The smallest absolute Gasteiger partial charge is 0.410 e. The highest BCUT2D eigenvalue weighted by molar-refractivity contribution is 5.95. The topological polar surface area (TPSA) is 124 Å². The Morgan fingerprint density at radius 3 is 2.28 bits per heavy atom. The van der Waals surface area contributed by atoms with Crippen LogP contribution in [-0.4, -0.2) is 115 Å². The number of amides is 3. The van der Waals surface area contributed by atoms with Crippen molar-refractivity contribution in [3.63, 3.8) is 0 Å². The molecule has 1 aliphatic heterocycles. The van der Waals surface area contributed by atoms with Gasteiger partial charge in [0, 0.05) is 56.9 Å². The minimum absolute atomic E-state index is 0.0101. The molecular weight excluding hydrogens is 678 g/mol. The first kappa shape index (κ1) is 41.4. The number of rotatable bonds is 17. The highest BCUT2D eigenvalue weighted by Gasteiger charge is 2.40. The summed E-state index contributed by atoms with van der Waals surface area (Å²) in [4.78, 5) is 59.6. The van der Waals surface area contributed by atoms with Gasteiger partial charge in [-0.3, -0.25) is 9.59 Å². The second kappa shape index (κ2) is 19.1. The molecule has 1 saturated heterocycles. The van der Waals surface area contributed by atoms with E-state index in [0.29, 0.717) is 74.6 Å². The van der Waals surface area contributed by atoms with E-state index < -0.39 is 17.7 Å². The number of hydrogen-bond donors (Lipinski definition) is 0. The van der Waals surface area contributed by atoms with Crippen LogP contribution in [0.5, 0.6) is 11.5 Å². The largest absolute Gasteiger partial charge is 0.493 e. The van der Waals surface area contributed by atoms with Crippen molar-refractivity contribution in [3.05, 3.63) is 59.2 Å². The van der Waals surface area contributed by atoms with E-state index in [1.807, 2.05) is 50.5 Å². The number of methoxy groups -OCH3 is 2. The quantitative estimate of drug-likeness (QED) is 0.132. The van der Waals surface area contributed by atoms with Crippen molar-refractivity contribution >= 4 is 23.9 Å². The molecule has 0 radical (unpaired) electrons. The van der Waals surface area contributed by atoms with Crippen molar-refractivity contribution in [2.75, 3.05) is 47.1 Å². The average molecular weight is 738 g/mol. The van der Waals surface area contributed by atoms with Crippen molar-refractivity contribution in [1.29, 1.82) is 0 Å². The van der Waals surface area contributed by atoms with E-state index in [1.54, 1.807) is 62.4 Å². The highest BCUT2D eigenvalue weighted by Crippen LogP contribution is 2.33. The van der Waals surface area contributed by atoms with E-state index in [0.717, 1.165) is 18.4 Å². The lowest BCUT2D eigenvalue weighted by atomic mass is 9.93. The second-order valence-electron chi connectivity index (χ2n) is 15.1. The van der Waals surface area contributed by atoms with Gasteiger partial charge in [-0.2, -0.15) is 0 Å². The van der Waals surface area contributed by atoms with Crippen molar-refractivity contribution in [3.8, 4) is 11.5 Å². The van der Waals surface area contributed by atoms with Gasteiger partial charge in [0.05, 0.1) is 38.3 Å². The molecule has 53 heavy (non-hydrogen) atoms. The fourth-order valence-corrected chi connectivity index (χ4v) is 6.84. The molecule has 1 saturated carbocycles. The van der Waals surface area contributed by atoms with Crippen LogP contribution in [0.3, 0.4) is 0 Å². The third-order valence-corrected chi connectivity index (χ3v) is 9.46. The number of benzene rings is 2. The normalized spacial score (nSPS) is 17.3. The van der Waals surface area contributed by atoms with Crippen LogP contribution in [0.15, 0.2) is 42.5 Å². The molecule has 1 heterocycles. The number of nitrogens with zero attached hydrogens (tertiary/aromatic N) is 3. The van der Waals surface area contributed by atoms with Crippen molar-refractivity contribution in [2.24, 2.45) is 0 Å². The zero-order valence-corrected chi connectivity index (χ0v) is 32.9. The lowest BCUT2D eigenvalue weighted by molar-refractivity contribution is -0.131. The number of ether oxygens (including phenoxy) is 5. The second-order valence-corrected chi connectivity index (χ2v) is 15.1. The van der Waals surface area contributed by atoms with Crippen LogP contribution < -0.4 is 9.47 Å². The molecule has 2 fully saturated rings. The first-order valence-corrected chi connectivity index (χ1v) is 18.9. The summed E-state index contributed by atoms with van der Waals surface area (Å²) in [6.07, 6.45) is 4.21. The molecule has 4 rings (SSSR count). The van der Waals surface area contributed by atoms with Gasteiger partial charge < -0.3 is 38.4 Å². The van der Waals surface area contributed by atoms with Gasteiger partial charge >= 0.3 is 12.1 Å². The van der Waals surface area contributed by atoms with Gasteiger partial charge in [-0.15, -0.1) is 0 Å². The number of piperidine rings is 1.